The minimum absolute atomic E-state index is 0.480. The van der Waals surface area contributed by atoms with E-state index in [0.717, 1.165) is 21.3 Å². The largest absolute Gasteiger partial charge is 0.469 e. The molecule has 1 aromatic rings. The highest BCUT2D eigenvalue weighted by Crippen LogP contribution is 2.19. The lowest BCUT2D eigenvalue weighted by Crippen LogP contribution is -2.51. The number of hydrogen-bond acceptors (Lipinski definition) is 8. The van der Waals surface area contributed by atoms with Gasteiger partial charge in [-0.3, -0.25) is 14.4 Å². The standard InChI is InChI=1S/C18H23NO8/c1-24-13(20)10-12(17(22)26-3)14(18(23)27-4)19-16(21)15(25-2)11-8-6-5-7-9-11/h5-9,12,14-15H,10H2,1-4H3,(H,19,21)/t12-,14-,15-/m0/s1. The monoisotopic (exact) mass is 381 g/mol. The summed E-state index contributed by atoms with van der Waals surface area (Å²) in [5.41, 5.74) is 0.545. The highest BCUT2D eigenvalue weighted by atomic mass is 16.5. The van der Waals surface area contributed by atoms with Crippen molar-refractivity contribution in [2.24, 2.45) is 5.92 Å². The molecule has 0 aliphatic heterocycles. The molecule has 0 radical (unpaired) electrons. The quantitative estimate of drug-likeness (QED) is 0.482. The first-order valence-electron chi connectivity index (χ1n) is 8.00. The van der Waals surface area contributed by atoms with Gasteiger partial charge in [0, 0.05) is 7.11 Å². The van der Waals surface area contributed by atoms with Gasteiger partial charge in [-0.1, -0.05) is 30.3 Å². The van der Waals surface area contributed by atoms with Crippen LogP contribution in [0.2, 0.25) is 0 Å². The highest BCUT2D eigenvalue weighted by Gasteiger charge is 2.39. The predicted octanol–water partition coefficient (Wildman–Crippen LogP) is 0.384. The Morgan fingerprint density at radius 3 is 1.96 bits per heavy atom. The third kappa shape index (κ3) is 6.07. The molecular formula is C18H23NO8. The lowest BCUT2D eigenvalue weighted by molar-refractivity contribution is -0.160. The van der Waals surface area contributed by atoms with Gasteiger partial charge in [0.1, 0.15) is 6.04 Å². The number of methoxy groups -OCH3 is 4. The predicted molar refractivity (Wildman–Crippen MR) is 92.3 cm³/mol. The minimum atomic E-state index is -1.46. The molecule has 9 heteroatoms. The van der Waals surface area contributed by atoms with E-state index < -0.39 is 48.3 Å². The molecule has 0 unspecified atom stereocenters. The molecule has 1 N–H and O–H groups in total. The average molecular weight is 381 g/mol. The smallest absolute Gasteiger partial charge is 0.329 e. The maximum atomic E-state index is 12.7. The Balaban J connectivity index is 3.13. The topological polar surface area (TPSA) is 117 Å². The van der Waals surface area contributed by atoms with Crippen LogP contribution in [0.4, 0.5) is 0 Å². The SMILES string of the molecule is COC(=O)C[C@H](C(=O)OC)[C@H](NC(=O)[C@@H](OC)c1ccccc1)C(=O)OC. The van der Waals surface area contributed by atoms with E-state index in [1.807, 2.05) is 0 Å². The fraction of sp³-hybridized carbons (Fsp3) is 0.444. The fourth-order valence-corrected chi connectivity index (χ4v) is 2.45. The molecule has 3 atom stereocenters. The zero-order chi connectivity index (χ0) is 20.4. The van der Waals surface area contributed by atoms with Crippen LogP contribution >= 0.6 is 0 Å². The van der Waals surface area contributed by atoms with Crippen LogP contribution in [0.25, 0.3) is 0 Å². The summed E-state index contributed by atoms with van der Waals surface area (Å²) < 4.78 is 19.1. The Hall–Kier alpha value is -2.94. The number of amides is 1. The second kappa shape index (κ2) is 10.9. The van der Waals surface area contributed by atoms with Gasteiger partial charge in [-0.2, -0.15) is 0 Å². The molecule has 0 bridgehead atoms. The van der Waals surface area contributed by atoms with E-state index in [1.165, 1.54) is 7.11 Å². The lowest BCUT2D eigenvalue weighted by atomic mass is 9.95. The fourth-order valence-electron chi connectivity index (χ4n) is 2.45. The van der Waals surface area contributed by atoms with Crippen molar-refractivity contribution in [2.45, 2.75) is 18.6 Å². The van der Waals surface area contributed by atoms with Crippen LogP contribution in [0.5, 0.6) is 0 Å². The maximum Gasteiger partial charge on any atom is 0.329 e. The first-order chi connectivity index (χ1) is 12.9. The average Bonchev–Trinajstić information content (AvgIpc) is 2.70. The molecule has 148 valence electrons. The minimum Gasteiger partial charge on any atom is -0.469 e. The molecule has 0 heterocycles. The van der Waals surface area contributed by atoms with E-state index in [2.05, 4.69) is 19.5 Å². The van der Waals surface area contributed by atoms with Crippen LogP contribution in [-0.2, 0) is 38.1 Å². The third-order valence-electron chi connectivity index (χ3n) is 3.85. The first-order valence-corrected chi connectivity index (χ1v) is 8.00. The van der Waals surface area contributed by atoms with Crippen LogP contribution in [0, 0.1) is 5.92 Å². The summed E-state index contributed by atoms with van der Waals surface area (Å²) in [6.07, 6.45) is -1.51. The lowest BCUT2D eigenvalue weighted by Gasteiger charge is -2.25. The summed E-state index contributed by atoms with van der Waals surface area (Å²) in [6, 6.07) is 7.10. The molecule has 0 spiro atoms. The van der Waals surface area contributed by atoms with Crippen molar-refractivity contribution in [2.75, 3.05) is 28.4 Å². The van der Waals surface area contributed by atoms with Crippen molar-refractivity contribution in [1.82, 2.24) is 5.32 Å². The van der Waals surface area contributed by atoms with Crippen molar-refractivity contribution in [3.63, 3.8) is 0 Å². The number of benzene rings is 1. The highest BCUT2D eigenvalue weighted by molar-refractivity contribution is 5.92. The number of ether oxygens (including phenoxy) is 4. The van der Waals surface area contributed by atoms with Crippen molar-refractivity contribution in [1.29, 1.82) is 0 Å². The molecule has 0 aliphatic carbocycles. The van der Waals surface area contributed by atoms with Crippen LogP contribution in [0.1, 0.15) is 18.1 Å². The molecule has 0 fully saturated rings. The van der Waals surface area contributed by atoms with E-state index in [1.54, 1.807) is 30.3 Å². The van der Waals surface area contributed by atoms with Gasteiger partial charge >= 0.3 is 17.9 Å². The summed E-state index contributed by atoms with van der Waals surface area (Å²) in [7, 11) is 4.67. The molecule has 0 saturated carbocycles. The van der Waals surface area contributed by atoms with Gasteiger partial charge in [0.2, 0.25) is 0 Å². The summed E-state index contributed by atoms with van der Waals surface area (Å²) >= 11 is 0. The normalized spacial score (nSPS) is 13.6. The molecule has 0 saturated heterocycles. The number of esters is 3. The van der Waals surface area contributed by atoms with Gasteiger partial charge in [0.05, 0.1) is 33.7 Å². The summed E-state index contributed by atoms with van der Waals surface area (Å²) in [6.45, 7) is 0. The molecule has 1 aromatic carbocycles. The van der Waals surface area contributed by atoms with Crippen molar-refractivity contribution < 1.29 is 38.1 Å². The summed E-state index contributed by atoms with van der Waals surface area (Å²) in [5, 5.41) is 2.41. The van der Waals surface area contributed by atoms with Gasteiger partial charge in [-0.25, -0.2) is 4.79 Å². The van der Waals surface area contributed by atoms with Gasteiger partial charge < -0.3 is 24.3 Å². The molecule has 0 aromatic heterocycles. The Labute approximate surface area is 156 Å². The maximum absolute atomic E-state index is 12.7. The summed E-state index contributed by atoms with van der Waals surface area (Å²) in [5.74, 6) is -4.54. The van der Waals surface area contributed by atoms with E-state index in [0.29, 0.717) is 5.56 Å². The molecule has 27 heavy (non-hydrogen) atoms. The molecular weight excluding hydrogens is 358 g/mol. The number of rotatable bonds is 9. The van der Waals surface area contributed by atoms with Gasteiger partial charge in [0.15, 0.2) is 6.10 Å². The molecule has 0 aliphatic rings. The van der Waals surface area contributed by atoms with Crippen LogP contribution in [-0.4, -0.2) is 58.3 Å². The number of nitrogens with one attached hydrogen (secondary N) is 1. The number of carbonyl (C=O) groups is 4. The Morgan fingerprint density at radius 1 is 0.889 bits per heavy atom. The van der Waals surface area contributed by atoms with Crippen molar-refractivity contribution >= 4 is 23.8 Å². The molecule has 9 nitrogen and oxygen atoms in total. The molecule has 1 amide bonds. The van der Waals surface area contributed by atoms with Crippen LogP contribution in [0.15, 0.2) is 30.3 Å². The van der Waals surface area contributed by atoms with Crippen molar-refractivity contribution in [3.05, 3.63) is 35.9 Å². The molecule has 1 rings (SSSR count). The Morgan fingerprint density at radius 2 is 1.48 bits per heavy atom. The van der Waals surface area contributed by atoms with Gasteiger partial charge in [-0.15, -0.1) is 0 Å². The zero-order valence-corrected chi connectivity index (χ0v) is 15.6. The number of carbonyl (C=O) groups excluding carboxylic acids is 4. The van der Waals surface area contributed by atoms with E-state index in [-0.39, 0.29) is 0 Å². The summed E-state index contributed by atoms with van der Waals surface area (Å²) in [4.78, 5) is 48.6. The van der Waals surface area contributed by atoms with E-state index in [4.69, 9.17) is 4.74 Å². The van der Waals surface area contributed by atoms with Gasteiger partial charge in [-0.05, 0) is 5.56 Å². The second-order valence-electron chi connectivity index (χ2n) is 5.45. The van der Waals surface area contributed by atoms with E-state index >= 15 is 0 Å². The van der Waals surface area contributed by atoms with Crippen LogP contribution < -0.4 is 5.32 Å². The second-order valence-corrected chi connectivity index (χ2v) is 5.45. The number of hydrogen-bond donors (Lipinski definition) is 1. The Kier molecular flexibility index (Phi) is 8.94. The van der Waals surface area contributed by atoms with Gasteiger partial charge in [0.25, 0.3) is 5.91 Å². The first kappa shape index (κ1) is 22.1. The van der Waals surface area contributed by atoms with E-state index in [9.17, 15) is 19.2 Å². The third-order valence-corrected chi connectivity index (χ3v) is 3.85. The zero-order valence-electron chi connectivity index (χ0n) is 15.6. The Bertz CT molecular complexity index is 661. The van der Waals surface area contributed by atoms with Crippen molar-refractivity contribution in [3.8, 4) is 0 Å². The van der Waals surface area contributed by atoms with Crippen LogP contribution in [0.3, 0.4) is 0 Å².